The summed E-state index contributed by atoms with van der Waals surface area (Å²) in [6, 6.07) is 3.86. The fraction of sp³-hybridized carbons (Fsp3) is 0.577. The quantitative estimate of drug-likeness (QED) is 0.592. The maximum absolute atomic E-state index is 13.0. The number of hydrogen-bond acceptors (Lipinski definition) is 7. The van der Waals surface area contributed by atoms with Crippen LogP contribution in [-0.4, -0.2) is 75.5 Å². The van der Waals surface area contributed by atoms with Gasteiger partial charge in [0.25, 0.3) is 11.8 Å². The molecular weight excluding hydrogens is 466 g/mol. The van der Waals surface area contributed by atoms with Gasteiger partial charge in [-0.2, -0.15) is 0 Å². The summed E-state index contributed by atoms with van der Waals surface area (Å²) in [5.41, 5.74) is 0.832. The summed E-state index contributed by atoms with van der Waals surface area (Å²) in [6.45, 7) is 5.80. The van der Waals surface area contributed by atoms with Crippen molar-refractivity contribution < 1.29 is 33.8 Å². The van der Waals surface area contributed by atoms with Crippen LogP contribution in [0, 0.1) is 5.92 Å². The minimum atomic E-state index is -0.982. The summed E-state index contributed by atoms with van der Waals surface area (Å²) in [7, 11) is 0. The molecule has 2 fully saturated rings. The number of nitrogens with one attached hydrogen (secondary N) is 1. The van der Waals surface area contributed by atoms with Crippen molar-refractivity contribution in [1.29, 1.82) is 0 Å². The van der Waals surface area contributed by atoms with Gasteiger partial charge in [0.15, 0.2) is 0 Å². The van der Waals surface area contributed by atoms with Crippen molar-refractivity contribution in [3.8, 4) is 0 Å². The lowest BCUT2D eigenvalue weighted by Gasteiger charge is -2.39. The Balaban J connectivity index is 1.38. The van der Waals surface area contributed by atoms with Gasteiger partial charge >= 0.3 is 6.09 Å². The number of nitrogens with zero attached hydrogens (tertiary/aromatic N) is 2. The number of aliphatic hydroxyl groups excluding tert-OH is 1. The lowest BCUT2D eigenvalue weighted by molar-refractivity contribution is -0.136. The van der Waals surface area contributed by atoms with E-state index in [1.54, 1.807) is 17.0 Å². The number of ether oxygens (including phenoxy) is 1. The molecule has 2 N–H and O–H groups in total. The second-order valence-electron chi connectivity index (χ2n) is 10.8. The maximum atomic E-state index is 13.0. The van der Waals surface area contributed by atoms with Crippen LogP contribution >= 0.6 is 0 Å². The van der Waals surface area contributed by atoms with Gasteiger partial charge in [-0.3, -0.25) is 29.4 Å². The number of imide groups is 2. The molecule has 3 heterocycles. The number of hydrogen-bond donors (Lipinski definition) is 2. The van der Waals surface area contributed by atoms with E-state index in [2.05, 4.69) is 5.32 Å². The first-order valence-corrected chi connectivity index (χ1v) is 12.4. The Labute approximate surface area is 209 Å². The smallest absolute Gasteiger partial charge is 0.410 e. The molecule has 2 unspecified atom stereocenters. The molecule has 4 rings (SSSR count). The molecule has 5 amide bonds. The van der Waals surface area contributed by atoms with Gasteiger partial charge in [0.1, 0.15) is 11.6 Å². The maximum Gasteiger partial charge on any atom is 0.410 e. The van der Waals surface area contributed by atoms with E-state index in [1.807, 2.05) is 26.8 Å². The predicted octanol–water partition coefficient (Wildman–Crippen LogP) is 2.03. The van der Waals surface area contributed by atoms with E-state index in [-0.39, 0.29) is 42.5 Å². The number of likely N-dealkylation sites (tertiary alicyclic amines) is 1. The van der Waals surface area contributed by atoms with Gasteiger partial charge in [-0.05, 0) is 76.5 Å². The highest BCUT2D eigenvalue weighted by molar-refractivity contribution is 6.23. The van der Waals surface area contributed by atoms with Gasteiger partial charge < -0.3 is 14.7 Å². The van der Waals surface area contributed by atoms with E-state index < -0.39 is 41.4 Å². The van der Waals surface area contributed by atoms with Gasteiger partial charge in [0.2, 0.25) is 11.8 Å². The molecule has 10 nitrogen and oxygen atoms in total. The molecule has 3 aliphatic heterocycles. The Morgan fingerprint density at radius 3 is 2.50 bits per heavy atom. The molecule has 1 aromatic carbocycles. The van der Waals surface area contributed by atoms with Crippen LogP contribution in [0.4, 0.5) is 4.79 Å². The van der Waals surface area contributed by atoms with Crippen LogP contribution in [0.15, 0.2) is 18.2 Å². The minimum absolute atomic E-state index is 0.0800. The Hall–Kier alpha value is -3.27. The van der Waals surface area contributed by atoms with Gasteiger partial charge in [0.05, 0.1) is 23.8 Å². The predicted molar refractivity (Wildman–Crippen MR) is 128 cm³/mol. The molecule has 194 valence electrons. The second-order valence-corrected chi connectivity index (χ2v) is 10.8. The van der Waals surface area contributed by atoms with Crippen LogP contribution in [0.25, 0.3) is 0 Å². The van der Waals surface area contributed by atoms with Crippen LogP contribution < -0.4 is 5.32 Å². The molecule has 2 saturated heterocycles. The monoisotopic (exact) mass is 499 g/mol. The lowest BCUT2D eigenvalue weighted by atomic mass is 9.86. The summed E-state index contributed by atoms with van der Waals surface area (Å²) in [4.78, 5) is 64.7. The summed E-state index contributed by atoms with van der Waals surface area (Å²) >= 11 is 0. The van der Waals surface area contributed by atoms with Crippen LogP contribution in [0.2, 0.25) is 0 Å². The van der Waals surface area contributed by atoms with Gasteiger partial charge in [0, 0.05) is 13.0 Å². The number of aliphatic hydroxyl groups is 1. The number of amides is 5. The highest BCUT2D eigenvalue weighted by Crippen LogP contribution is 2.31. The van der Waals surface area contributed by atoms with E-state index in [0.29, 0.717) is 19.4 Å². The van der Waals surface area contributed by atoms with Crippen molar-refractivity contribution in [3.63, 3.8) is 0 Å². The van der Waals surface area contributed by atoms with Gasteiger partial charge in [-0.15, -0.1) is 0 Å². The van der Waals surface area contributed by atoms with Crippen LogP contribution in [0.1, 0.15) is 79.2 Å². The normalized spacial score (nSPS) is 24.6. The summed E-state index contributed by atoms with van der Waals surface area (Å²) in [5, 5.41) is 12.1. The Morgan fingerprint density at radius 1 is 1.11 bits per heavy atom. The van der Waals surface area contributed by atoms with E-state index >= 15 is 0 Å². The number of carbonyl (C=O) groups is 5. The largest absolute Gasteiger partial charge is 0.444 e. The number of piperidine rings is 2. The standard InChI is InChI=1S/C26H33N3O7/c1-26(2,3)36-25(35)28-11-10-16(12-17(28)14-30)5-4-15-6-7-18-19(13-15)24(34)29(23(18)33)20-8-9-21(31)27-22(20)32/h6-7,13,16-17,20,30H,4-5,8-12,14H2,1-3H3,(H,27,31,32)/t16?,17-,20?/m1/s1. The summed E-state index contributed by atoms with van der Waals surface area (Å²) in [5.74, 6) is -1.78. The molecule has 0 bridgehead atoms. The SMILES string of the molecule is CC(C)(C)OC(=O)N1CCC(CCc2ccc3c(c2)C(=O)N(C2CCC(=O)NC2=O)C3=O)C[C@@H]1CO. The molecular formula is C26H33N3O7. The van der Waals surface area contributed by atoms with Crippen LogP contribution in [0.3, 0.4) is 0 Å². The third-order valence-electron chi connectivity index (χ3n) is 7.01. The van der Waals surface area contributed by atoms with E-state index in [1.165, 1.54) is 0 Å². The molecule has 3 aliphatic rings. The third kappa shape index (κ3) is 5.28. The van der Waals surface area contributed by atoms with Crippen LogP contribution in [0.5, 0.6) is 0 Å². The Kier molecular flexibility index (Phi) is 7.17. The third-order valence-corrected chi connectivity index (χ3v) is 7.01. The number of carbonyl (C=O) groups excluding carboxylic acids is 5. The molecule has 36 heavy (non-hydrogen) atoms. The number of aryl methyl sites for hydroxylation is 1. The molecule has 0 aliphatic carbocycles. The van der Waals surface area contributed by atoms with Crippen molar-refractivity contribution in [2.45, 2.75) is 77.0 Å². The van der Waals surface area contributed by atoms with Crippen molar-refractivity contribution in [2.75, 3.05) is 13.2 Å². The fourth-order valence-corrected chi connectivity index (χ4v) is 5.17. The zero-order valence-electron chi connectivity index (χ0n) is 20.9. The minimum Gasteiger partial charge on any atom is -0.444 e. The number of rotatable bonds is 5. The van der Waals surface area contributed by atoms with Crippen molar-refractivity contribution in [2.24, 2.45) is 5.92 Å². The molecule has 10 heteroatoms. The fourth-order valence-electron chi connectivity index (χ4n) is 5.17. The summed E-state index contributed by atoms with van der Waals surface area (Å²) in [6.07, 6.45) is 2.69. The number of fused-ring (bicyclic) bond motifs is 1. The zero-order chi connectivity index (χ0) is 26.2. The molecule has 0 aromatic heterocycles. The van der Waals surface area contributed by atoms with E-state index in [9.17, 15) is 29.1 Å². The molecule has 0 saturated carbocycles. The van der Waals surface area contributed by atoms with Gasteiger partial charge in [-0.1, -0.05) is 6.07 Å². The van der Waals surface area contributed by atoms with Gasteiger partial charge in [-0.25, -0.2) is 4.79 Å². The first kappa shape index (κ1) is 25.8. The average molecular weight is 500 g/mol. The first-order chi connectivity index (χ1) is 17.0. The highest BCUT2D eigenvalue weighted by Gasteiger charge is 2.44. The molecule has 1 aromatic rings. The first-order valence-electron chi connectivity index (χ1n) is 12.4. The molecule has 3 atom stereocenters. The van der Waals surface area contributed by atoms with Crippen molar-refractivity contribution >= 4 is 29.7 Å². The Bertz CT molecular complexity index is 1090. The Morgan fingerprint density at radius 2 is 1.83 bits per heavy atom. The van der Waals surface area contributed by atoms with Crippen molar-refractivity contribution in [1.82, 2.24) is 15.1 Å². The topological polar surface area (TPSA) is 133 Å². The lowest BCUT2D eigenvalue weighted by Crippen LogP contribution is -2.54. The van der Waals surface area contributed by atoms with E-state index in [4.69, 9.17) is 4.74 Å². The van der Waals surface area contributed by atoms with E-state index in [0.717, 1.165) is 23.3 Å². The highest BCUT2D eigenvalue weighted by atomic mass is 16.6. The average Bonchev–Trinajstić information content (AvgIpc) is 3.06. The zero-order valence-corrected chi connectivity index (χ0v) is 20.9. The van der Waals surface area contributed by atoms with Crippen LogP contribution in [-0.2, 0) is 20.7 Å². The second kappa shape index (κ2) is 10.0. The molecule has 0 spiro atoms. The summed E-state index contributed by atoms with van der Waals surface area (Å²) < 4.78 is 5.47. The molecule has 0 radical (unpaired) electrons. The number of benzene rings is 1. The van der Waals surface area contributed by atoms with Crippen molar-refractivity contribution in [3.05, 3.63) is 34.9 Å².